The van der Waals surface area contributed by atoms with Gasteiger partial charge in [-0.15, -0.1) is 0 Å². The zero-order valence-electron chi connectivity index (χ0n) is 14.2. The molecule has 25 heavy (non-hydrogen) atoms. The van der Waals surface area contributed by atoms with Crippen LogP contribution in [0.5, 0.6) is 0 Å². The predicted molar refractivity (Wildman–Crippen MR) is 94.6 cm³/mol. The van der Waals surface area contributed by atoms with Crippen LogP contribution in [-0.2, 0) is 16.2 Å². The Labute approximate surface area is 146 Å². The first-order valence-electron chi connectivity index (χ1n) is 8.46. The van der Waals surface area contributed by atoms with Gasteiger partial charge < -0.3 is 9.74 Å². The molecule has 130 valence electrons. The third-order valence-electron chi connectivity index (χ3n) is 4.24. The number of oxime groups is 1. The highest BCUT2D eigenvalue weighted by Crippen LogP contribution is 2.19. The molecular weight excluding hydrogens is 319 g/mol. The van der Waals surface area contributed by atoms with Gasteiger partial charge in [0, 0.05) is 24.9 Å². The molecule has 1 atom stereocenters. The SMILES string of the molecule is CCC(=O)N(Cc1ccccc1F)C[C@@H]1CC(c2ccccc2)=NO1. The van der Waals surface area contributed by atoms with Gasteiger partial charge in [0.05, 0.1) is 12.3 Å². The summed E-state index contributed by atoms with van der Waals surface area (Å²) in [6.45, 7) is 2.43. The van der Waals surface area contributed by atoms with Gasteiger partial charge in [-0.2, -0.15) is 0 Å². The van der Waals surface area contributed by atoms with Crippen molar-refractivity contribution in [2.45, 2.75) is 32.4 Å². The van der Waals surface area contributed by atoms with Crippen molar-refractivity contribution >= 4 is 11.6 Å². The summed E-state index contributed by atoms with van der Waals surface area (Å²) in [4.78, 5) is 19.4. The average Bonchev–Trinajstić information content (AvgIpc) is 3.11. The molecule has 1 amide bonds. The lowest BCUT2D eigenvalue weighted by molar-refractivity contribution is -0.133. The third-order valence-corrected chi connectivity index (χ3v) is 4.24. The zero-order chi connectivity index (χ0) is 17.6. The number of halogens is 1. The summed E-state index contributed by atoms with van der Waals surface area (Å²) in [6, 6.07) is 16.4. The Morgan fingerprint density at radius 3 is 2.64 bits per heavy atom. The molecule has 2 aromatic carbocycles. The molecule has 1 aliphatic rings. The molecule has 2 aromatic rings. The third kappa shape index (κ3) is 4.24. The number of benzene rings is 2. The van der Waals surface area contributed by atoms with Crippen LogP contribution in [0.15, 0.2) is 59.8 Å². The Hall–Kier alpha value is -2.69. The van der Waals surface area contributed by atoms with Crippen molar-refractivity contribution in [2.24, 2.45) is 5.16 Å². The van der Waals surface area contributed by atoms with Gasteiger partial charge in [0.1, 0.15) is 5.82 Å². The van der Waals surface area contributed by atoms with Crippen LogP contribution in [-0.4, -0.2) is 29.2 Å². The van der Waals surface area contributed by atoms with Crippen LogP contribution in [0.3, 0.4) is 0 Å². The normalized spacial score (nSPS) is 16.2. The van der Waals surface area contributed by atoms with Crippen molar-refractivity contribution in [2.75, 3.05) is 6.54 Å². The fourth-order valence-electron chi connectivity index (χ4n) is 2.88. The van der Waals surface area contributed by atoms with Crippen LogP contribution in [0, 0.1) is 5.82 Å². The fourth-order valence-corrected chi connectivity index (χ4v) is 2.88. The summed E-state index contributed by atoms with van der Waals surface area (Å²) in [5.74, 6) is -0.329. The summed E-state index contributed by atoms with van der Waals surface area (Å²) >= 11 is 0. The van der Waals surface area contributed by atoms with Gasteiger partial charge in [0.25, 0.3) is 0 Å². The van der Waals surface area contributed by atoms with E-state index in [0.29, 0.717) is 24.9 Å². The maximum atomic E-state index is 13.9. The van der Waals surface area contributed by atoms with Gasteiger partial charge in [-0.1, -0.05) is 60.6 Å². The molecule has 1 aliphatic heterocycles. The standard InChI is InChI=1S/C20H21FN2O2/c1-2-20(24)23(13-16-10-6-7-11-18(16)21)14-17-12-19(22-25-17)15-8-4-3-5-9-15/h3-11,17H,2,12-14H2,1H3/t17-/m0/s1. The predicted octanol–water partition coefficient (Wildman–Crippen LogP) is 3.76. The highest BCUT2D eigenvalue weighted by atomic mass is 19.1. The first-order valence-corrected chi connectivity index (χ1v) is 8.46. The van der Waals surface area contributed by atoms with Crippen LogP contribution in [0.25, 0.3) is 0 Å². The summed E-state index contributed by atoms with van der Waals surface area (Å²) in [6.07, 6.45) is 0.792. The van der Waals surface area contributed by atoms with Crippen LogP contribution < -0.4 is 0 Å². The average molecular weight is 340 g/mol. The van der Waals surface area contributed by atoms with Crippen molar-refractivity contribution in [3.63, 3.8) is 0 Å². The number of amides is 1. The van der Waals surface area contributed by atoms with Crippen molar-refractivity contribution in [1.29, 1.82) is 0 Å². The lowest BCUT2D eigenvalue weighted by Crippen LogP contribution is -2.37. The minimum Gasteiger partial charge on any atom is -0.390 e. The Morgan fingerprint density at radius 2 is 1.92 bits per heavy atom. The van der Waals surface area contributed by atoms with Crippen LogP contribution in [0.1, 0.15) is 30.9 Å². The molecule has 0 spiro atoms. The molecular formula is C20H21FN2O2. The quantitative estimate of drug-likeness (QED) is 0.803. The monoisotopic (exact) mass is 340 g/mol. The van der Waals surface area contributed by atoms with E-state index in [1.54, 1.807) is 30.0 Å². The molecule has 0 aliphatic carbocycles. The van der Waals surface area contributed by atoms with E-state index in [0.717, 1.165) is 11.3 Å². The van der Waals surface area contributed by atoms with E-state index in [2.05, 4.69) is 5.16 Å². The van der Waals surface area contributed by atoms with Crippen LogP contribution in [0.4, 0.5) is 4.39 Å². The second-order valence-corrected chi connectivity index (χ2v) is 6.05. The molecule has 0 aromatic heterocycles. The Kier molecular flexibility index (Phi) is 5.43. The highest BCUT2D eigenvalue weighted by molar-refractivity contribution is 6.01. The van der Waals surface area contributed by atoms with Gasteiger partial charge in [0.15, 0.2) is 6.10 Å². The summed E-state index contributed by atoms with van der Waals surface area (Å²) < 4.78 is 13.9. The van der Waals surface area contributed by atoms with Gasteiger partial charge in [-0.3, -0.25) is 4.79 Å². The number of hydrogen-bond donors (Lipinski definition) is 0. The highest BCUT2D eigenvalue weighted by Gasteiger charge is 2.26. The molecule has 0 bridgehead atoms. The number of nitrogens with zero attached hydrogens (tertiary/aromatic N) is 2. The number of carbonyl (C=O) groups is 1. The topological polar surface area (TPSA) is 41.9 Å². The molecule has 5 heteroatoms. The summed E-state index contributed by atoms with van der Waals surface area (Å²) in [5.41, 5.74) is 2.40. The Balaban J connectivity index is 1.66. The van der Waals surface area contributed by atoms with E-state index in [1.807, 2.05) is 30.3 Å². The Morgan fingerprint density at radius 1 is 1.20 bits per heavy atom. The molecule has 4 nitrogen and oxygen atoms in total. The minimum absolute atomic E-state index is 0.0278. The summed E-state index contributed by atoms with van der Waals surface area (Å²) in [7, 11) is 0. The first kappa shape index (κ1) is 17.1. The molecule has 0 fully saturated rings. The second kappa shape index (κ2) is 7.92. The fraction of sp³-hybridized carbons (Fsp3) is 0.300. The van der Waals surface area contributed by atoms with Crippen molar-refractivity contribution < 1.29 is 14.0 Å². The van der Waals surface area contributed by atoms with E-state index in [1.165, 1.54) is 6.07 Å². The number of carbonyl (C=O) groups excluding carboxylic acids is 1. The molecule has 0 saturated carbocycles. The van der Waals surface area contributed by atoms with Gasteiger partial charge in [-0.05, 0) is 11.6 Å². The van der Waals surface area contributed by atoms with Crippen LogP contribution in [0.2, 0.25) is 0 Å². The van der Waals surface area contributed by atoms with Gasteiger partial charge in [0.2, 0.25) is 5.91 Å². The minimum atomic E-state index is -0.301. The zero-order valence-corrected chi connectivity index (χ0v) is 14.2. The largest absolute Gasteiger partial charge is 0.390 e. The maximum Gasteiger partial charge on any atom is 0.222 e. The lowest BCUT2D eigenvalue weighted by atomic mass is 10.0. The molecule has 0 N–H and O–H groups in total. The Bertz CT molecular complexity index is 761. The maximum absolute atomic E-state index is 13.9. The molecule has 0 saturated heterocycles. The summed E-state index contributed by atoms with van der Waals surface area (Å²) in [5, 5.41) is 4.15. The van der Waals surface area contributed by atoms with Crippen molar-refractivity contribution in [1.82, 2.24) is 4.90 Å². The van der Waals surface area contributed by atoms with E-state index in [9.17, 15) is 9.18 Å². The number of rotatable bonds is 6. The van der Waals surface area contributed by atoms with Gasteiger partial charge in [-0.25, -0.2) is 4.39 Å². The van der Waals surface area contributed by atoms with Gasteiger partial charge >= 0.3 is 0 Å². The van der Waals surface area contributed by atoms with E-state index < -0.39 is 0 Å². The first-order chi connectivity index (χ1) is 12.2. The smallest absolute Gasteiger partial charge is 0.222 e. The van der Waals surface area contributed by atoms with E-state index >= 15 is 0 Å². The van der Waals surface area contributed by atoms with Crippen LogP contribution >= 0.6 is 0 Å². The molecule has 3 rings (SSSR count). The molecule has 1 heterocycles. The molecule has 0 radical (unpaired) electrons. The van der Waals surface area contributed by atoms with E-state index in [-0.39, 0.29) is 24.4 Å². The van der Waals surface area contributed by atoms with Crippen molar-refractivity contribution in [3.8, 4) is 0 Å². The van der Waals surface area contributed by atoms with Crippen molar-refractivity contribution in [3.05, 3.63) is 71.5 Å². The number of hydrogen-bond acceptors (Lipinski definition) is 3. The second-order valence-electron chi connectivity index (χ2n) is 6.05. The lowest BCUT2D eigenvalue weighted by Gasteiger charge is -2.24. The van der Waals surface area contributed by atoms with E-state index in [4.69, 9.17) is 4.84 Å². The molecule has 0 unspecified atom stereocenters.